The fourth-order valence-corrected chi connectivity index (χ4v) is 3.29. The molecule has 1 aromatic heterocycles. The van der Waals surface area contributed by atoms with Crippen LogP contribution in [0, 0.1) is 0 Å². The molecule has 1 aliphatic heterocycles. The van der Waals surface area contributed by atoms with E-state index in [-0.39, 0.29) is 24.2 Å². The monoisotopic (exact) mass is 421 g/mol. The Labute approximate surface area is 179 Å². The lowest BCUT2D eigenvalue weighted by Crippen LogP contribution is -2.38. The third-order valence-corrected chi connectivity index (χ3v) is 5.00. The Morgan fingerprint density at radius 2 is 1.97 bits per heavy atom. The van der Waals surface area contributed by atoms with Gasteiger partial charge in [-0.2, -0.15) is 4.98 Å². The van der Waals surface area contributed by atoms with E-state index < -0.39 is 5.91 Å². The molecule has 0 fully saturated rings. The van der Waals surface area contributed by atoms with Crippen LogP contribution in [0.5, 0.6) is 5.75 Å². The Balaban J connectivity index is 1.44. The van der Waals surface area contributed by atoms with E-state index in [1.54, 1.807) is 23.1 Å². The van der Waals surface area contributed by atoms with Crippen LogP contribution in [0.2, 0.25) is 0 Å². The number of aromatic nitrogens is 2. The summed E-state index contributed by atoms with van der Waals surface area (Å²) in [5, 5.41) is 6.69. The summed E-state index contributed by atoms with van der Waals surface area (Å²) in [6.45, 7) is 2.79. The van der Waals surface area contributed by atoms with Crippen molar-refractivity contribution >= 4 is 23.2 Å². The van der Waals surface area contributed by atoms with Crippen molar-refractivity contribution in [2.24, 2.45) is 0 Å². The molecule has 2 heterocycles. The van der Waals surface area contributed by atoms with E-state index in [0.29, 0.717) is 30.1 Å². The van der Waals surface area contributed by atoms with Gasteiger partial charge < -0.3 is 24.4 Å². The van der Waals surface area contributed by atoms with Crippen LogP contribution in [-0.4, -0.2) is 49.2 Å². The zero-order chi connectivity index (χ0) is 22.0. The molecule has 2 amide bonds. The largest absolute Gasteiger partial charge is 0.482 e. The highest BCUT2D eigenvalue weighted by Crippen LogP contribution is 2.35. The second-order valence-corrected chi connectivity index (χ2v) is 7.28. The van der Waals surface area contributed by atoms with Crippen molar-refractivity contribution in [3.8, 4) is 17.1 Å². The lowest BCUT2D eigenvalue weighted by Gasteiger charge is -2.28. The summed E-state index contributed by atoms with van der Waals surface area (Å²) in [5.41, 5.74) is 3.37. The molecule has 31 heavy (non-hydrogen) atoms. The Hall–Kier alpha value is -3.88. The summed E-state index contributed by atoms with van der Waals surface area (Å²) < 4.78 is 10.7. The van der Waals surface area contributed by atoms with Crippen molar-refractivity contribution in [1.82, 2.24) is 15.5 Å². The molecule has 0 atom stereocenters. The minimum Gasteiger partial charge on any atom is -0.482 e. The fraction of sp³-hybridized carbons (Fsp3) is 0.273. The molecule has 2 aromatic carbocycles. The number of fused-ring (bicyclic) bond motifs is 1. The predicted octanol–water partition coefficient (Wildman–Crippen LogP) is 2.48. The van der Waals surface area contributed by atoms with Crippen LogP contribution in [0.25, 0.3) is 11.4 Å². The topological polar surface area (TPSA) is 101 Å². The first-order valence-electron chi connectivity index (χ1n) is 9.92. The van der Waals surface area contributed by atoms with E-state index >= 15 is 0 Å². The number of nitrogens with zero attached hydrogens (tertiary/aromatic N) is 4. The van der Waals surface area contributed by atoms with Crippen LogP contribution in [0.3, 0.4) is 0 Å². The number of amides is 2. The van der Waals surface area contributed by atoms with Gasteiger partial charge in [0, 0.05) is 38.4 Å². The normalized spacial score (nSPS) is 12.9. The van der Waals surface area contributed by atoms with Crippen LogP contribution in [0.1, 0.15) is 23.2 Å². The summed E-state index contributed by atoms with van der Waals surface area (Å²) >= 11 is 0. The smallest absolute Gasteiger partial charge is 0.316 e. The molecule has 1 N–H and O–H groups in total. The number of carbonyl (C=O) groups excluding carboxylic acids is 2. The van der Waals surface area contributed by atoms with Gasteiger partial charge in [-0.15, -0.1) is 0 Å². The molecular formula is C22H23N5O4. The van der Waals surface area contributed by atoms with Crippen LogP contribution < -0.4 is 19.9 Å². The first-order chi connectivity index (χ1) is 15.0. The number of nitrogens with one attached hydrogen (secondary N) is 1. The van der Waals surface area contributed by atoms with Gasteiger partial charge in [-0.3, -0.25) is 9.59 Å². The van der Waals surface area contributed by atoms with Crippen molar-refractivity contribution in [1.29, 1.82) is 0 Å². The standard InChI is InChI=1S/C22H23N5O4/c1-4-27-17-10-7-15(11-18(17)30-13-19(27)28)20-24-22(31-25-20)21(29)23-12-14-5-8-16(9-6-14)26(2)3/h5-11H,4,12-13H2,1-3H3,(H,23,29). The molecule has 160 valence electrons. The average Bonchev–Trinajstić information content (AvgIpc) is 3.28. The van der Waals surface area contributed by atoms with E-state index in [0.717, 1.165) is 11.3 Å². The maximum atomic E-state index is 12.4. The molecule has 4 rings (SSSR count). The molecule has 0 bridgehead atoms. The molecule has 0 saturated heterocycles. The minimum atomic E-state index is -0.451. The molecule has 0 unspecified atom stereocenters. The molecule has 1 aliphatic rings. The van der Waals surface area contributed by atoms with E-state index in [1.165, 1.54) is 0 Å². The molecule has 9 nitrogen and oxygen atoms in total. The average molecular weight is 421 g/mol. The highest BCUT2D eigenvalue weighted by atomic mass is 16.5. The highest BCUT2D eigenvalue weighted by Gasteiger charge is 2.25. The van der Waals surface area contributed by atoms with Gasteiger partial charge >= 0.3 is 11.8 Å². The zero-order valence-corrected chi connectivity index (χ0v) is 17.6. The zero-order valence-electron chi connectivity index (χ0n) is 17.6. The second kappa shape index (κ2) is 8.47. The summed E-state index contributed by atoms with van der Waals surface area (Å²) in [6.07, 6.45) is 0. The molecule has 0 radical (unpaired) electrons. The van der Waals surface area contributed by atoms with E-state index in [1.807, 2.05) is 50.2 Å². The molecular weight excluding hydrogens is 398 g/mol. The van der Waals surface area contributed by atoms with Crippen LogP contribution >= 0.6 is 0 Å². The Bertz CT molecular complexity index is 1110. The quantitative estimate of drug-likeness (QED) is 0.652. The lowest BCUT2D eigenvalue weighted by atomic mass is 10.1. The SMILES string of the molecule is CCN1C(=O)COc2cc(-c3noc(C(=O)NCc4ccc(N(C)C)cc4)n3)ccc21. The molecule has 0 aliphatic carbocycles. The van der Waals surface area contributed by atoms with Crippen molar-refractivity contribution in [2.75, 3.05) is 37.0 Å². The van der Waals surface area contributed by atoms with E-state index in [2.05, 4.69) is 15.5 Å². The van der Waals surface area contributed by atoms with E-state index in [4.69, 9.17) is 9.26 Å². The van der Waals surface area contributed by atoms with Gasteiger partial charge in [0.25, 0.3) is 5.91 Å². The number of hydrogen-bond donors (Lipinski definition) is 1. The number of carbonyl (C=O) groups is 2. The van der Waals surface area contributed by atoms with Crippen molar-refractivity contribution in [3.05, 3.63) is 53.9 Å². The maximum Gasteiger partial charge on any atom is 0.316 e. The second-order valence-electron chi connectivity index (χ2n) is 7.28. The Morgan fingerprint density at radius 1 is 1.19 bits per heavy atom. The Kier molecular flexibility index (Phi) is 5.57. The summed E-state index contributed by atoms with van der Waals surface area (Å²) in [7, 11) is 3.94. The van der Waals surface area contributed by atoms with Crippen LogP contribution in [0.4, 0.5) is 11.4 Å². The number of hydrogen-bond acceptors (Lipinski definition) is 7. The maximum absolute atomic E-state index is 12.4. The number of anilines is 2. The molecule has 0 saturated carbocycles. The number of benzene rings is 2. The van der Waals surface area contributed by atoms with Crippen LogP contribution in [-0.2, 0) is 11.3 Å². The van der Waals surface area contributed by atoms with Crippen molar-refractivity contribution in [3.63, 3.8) is 0 Å². The minimum absolute atomic E-state index is 0.0142. The predicted molar refractivity (Wildman–Crippen MR) is 115 cm³/mol. The van der Waals surface area contributed by atoms with E-state index in [9.17, 15) is 9.59 Å². The fourth-order valence-electron chi connectivity index (χ4n) is 3.29. The Morgan fingerprint density at radius 3 is 2.68 bits per heavy atom. The number of likely N-dealkylation sites (N-methyl/N-ethyl adjacent to an activating group) is 1. The highest BCUT2D eigenvalue weighted by molar-refractivity contribution is 5.98. The molecule has 3 aromatic rings. The van der Waals surface area contributed by atoms with Crippen LogP contribution in [0.15, 0.2) is 47.0 Å². The summed E-state index contributed by atoms with van der Waals surface area (Å²) in [6, 6.07) is 13.2. The van der Waals surface area contributed by atoms with Gasteiger partial charge in [-0.05, 0) is 42.8 Å². The van der Waals surface area contributed by atoms with Gasteiger partial charge in [0.05, 0.1) is 5.69 Å². The van der Waals surface area contributed by atoms with Gasteiger partial charge in [-0.25, -0.2) is 0 Å². The summed E-state index contributed by atoms with van der Waals surface area (Å²) in [4.78, 5) is 32.2. The summed E-state index contributed by atoms with van der Waals surface area (Å²) in [5.74, 6) is 0.177. The van der Waals surface area contributed by atoms with Gasteiger partial charge in [-0.1, -0.05) is 17.3 Å². The molecule has 9 heteroatoms. The van der Waals surface area contributed by atoms with Gasteiger partial charge in [0.1, 0.15) is 5.75 Å². The number of ether oxygens (including phenoxy) is 1. The third kappa shape index (κ3) is 4.20. The lowest BCUT2D eigenvalue weighted by molar-refractivity contribution is -0.121. The van der Waals surface area contributed by atoms with Crippen molar-refractivity contribution < 1.29 is 18.8 Å². The van der Waals surface area contributed by atoms with Crippen molar-refractivity contribution in [2.45, 2.75) is 13.5 Å². The van der Waals surface area contributed by atoms with Gasteiger partial charge in [0.15, 0.2) is 6.61 Å². The molecule has 0 spiro atoms. The first kappa shape index (κ1) is 20.4. The first-order valence-corrected chi connectivity index (χ1v) is 9.92. The number of rotatable bonds is 6. The third-order valence-electron chi connectivity index (χ3n) is 5.00. The van der Waals surface area contributed by atoms with Gasteiger partial charge in [0.2, 0.25) is 5.82 Å².